The molecule has 1 aromatic rings. The van der Waals surface area contributed by atoms with Crippen molar-refractivity contribution in [3.05, 3.63) is 34.3 Å². The van der Waals surface area contributed by atoms with Gasteiger partial charge in [-0.1, -0.05) is 67.1 Å². The molecule has 1 fully saturated rings. The Morgan fingerprint density at radius 3 is 2.18 bits per heavy atom. The highest BCUT2D eigenvalue weighted by Crippen LogP contribution is 2.33. The minimum atomic E-state index is 0.987. The summed E-state index contributed by atoms with van der Waals surface area (Å²) in [4.78, 5) is 0. The fraction of sp³-hybridized carbons (Fsp3) is 0.625. The monoisotopic (exact) mass is 294 g/mol. The van der Waals surface area contributed by atoms with E-state index in [0.717, 1.165) is 11.8 Å². The number of benzene rings is 1. The van der Waals surface area contributed by atoms with Crippen LogP contribution in [0.15, 0.2) is 28.7 Å². The van der Waals surface area contributed by atoms with Crippen LogP contribution in [0.2, 0.25) is 0 Å². The first kappa shape index (κ1) is 13.1. The largest absolute Gasteiger partial charge is 0.0651 e. The Balaban J connectivity index is 1.74. The molecule has 0 nitrogen and oxygen atoms in total. The van der Waals surface area contributed by atoms with Gasteiger partial charge in [0.05, 0.1) is 0 Å². The Hall–Kier alpha value is -0.300. The fourth-order valence-corrected chi connectivity index (χ4v) is 3.21. The molecule has 1 heteroatoms. The molecular formula is C16H23Br. The van der Waals surface area contributed by atoms with Gasteiger partial charge in [-0.05, 0) is 42.4 Å². The van der Waals surface area contributed by atoms with E-state index in [1.165, 1.54) is 55.0 Å². The van der Waals surface area contributed by atoms with Gasteiger partial charge in [-0.2, -0.15) is 0 Å². The van der Waals surface area contributed by atoms with Crippen LogP contribution in [0.4, 0.5) is 0 Å². The fourth-order valence-electron chi connectivity index (χ4n) is 2.95. The van der Waals surface area contributed by atoms with Crippen LogP contribution in [0.1, 0.15) is 51.0 Å². The normalized spacial score (nSPS) is 24.8. The van der Waals surface area contributed by atoms with E-state index < -0.39 is 0 Å². The summed E-state index contributed by atoms with van der Waals surface area (Å²) in [5.41, 5.74) is 1.49. The standard InChI is InChI=1S/C16H23Br/c1-2-13-3-5-14(6-4-13)7-8-15-9-11-16(17)12-10-15/h9-14H,2-8H2,1H3. The van der Waals surface area contributed by atoms with Crippen molar-refractivity contribution >= 4 is 15.9 Å². The summed E-state index contributed by atoms with van der Waals surface area (Å²) in [7, 11) is 0. The molecule has 94 valence electrons. The maximum atomic E-state index is 3.49. The third-order valence-corrected chi connectivity index (χ3v) is 4.83. The van der Waals surface area contributed by atoms with Crippen molar-refractivity contribution in [2.75, 3.05) is 0 Å². The molecule has 1 aliphatic rings. The summed E-state index contributed by atoms with van der Waals surface area (Å²) < 4.78 is 1.18. The van der Waals surface area contributed by atoms with Crippen LogP contribution in [-0.2, 0) is 6.42 Å². The van der Waals surface area contributed by atoms with E-state index in [0.29, 0.717) is 0 Å². The second-order valence-electron chi connectivity index (χ2n) is 5.46. The molecule has 1 aromatic carbocycles. The minimum Gasteiger partial charge on any atom is -0.0651 e. The van der Waals surface area contributed by atoms with Crippen LogP contribution in [0, 0.1) is 11.8 Å². The van der Waals surface area contributed by atoms with Crippen molar-refractivity contribution in [1.29, 1.82) is 0 Å². The van der Waals surface area contributed by atoms with Crippen molar-refractivity contribution in [3.63, 3.8) is 0 Å². The summed E-state index contributed by atoms with van der Waals surface area (Å²) in [6, 6.07) is 8.82. The minimum absolute atomic E-state index is 0.987. The Bertz CT molecular complexity index is 320. The molecular weight excluding hydrogens is 272 g/mol. The molecule has 0 unspecified atom stereocenters. The molecule has 0 N–H and O–H groups in total. The average molecular weight is 295 g/mol. The second-order valence-corrected chi connectivity index (χ2v) is 6.38. The van der Waals surface area contributed by atoms with Gasteiger partial charge in [-0.15, -0.1) is 0 Å². The lowest BCUT2D eigenvalue weighted by Gasteiger charge is -2.27. The maximum Gasteiger partial charge on any atom is 0.0175 e. The van der Waals surface area contributed by atoms with Crippen LogP contribution in [0.5, 0.6) is 0 Å². The molecule has 0 atom stereocenters. The van der Waals surface area contributed by atoms with E-state index in [1.807, 2.05) is 0 Å². The number of hydrogen-bond donors (Lipinski definition) is 0. The van der Waals surface area contributed by atoms with Gasteiger partial charge in [0, 0.05) is 4.47 Å². The van der Waals surface area contributed by atoms with E-state index in [2.05, 4.69) is 47.1 Å². The maximum absolute atomic E-state index is 3.49. The molecule has 0 spiro atoms. The Morgan fingerprint density at radius 1 is 1.00 bits per heavy atom. The molecule has 0 heterocycles. The van der Waals surface area contributed by atoms with Gasteiger partial charge in [0.1, 0.15) is 0 Å². The predicted octanol–water partition coefficient (Wildman–Crippen LogP) is 5.60. The molecule has 1 aliphatic carbocycles. The Morgan fingerprint density at radius 2 is 1.59 bits per heavy atom. The van der Waals surface area contributed by atoms with Gasteiger partial charge < -0.3 is 0 Å². The van der Waals surface area contributed by atoms with Crippen LogP contribution >= 0.6 is 15.9 Å². The molecule has 1 saturated carbocycles. The number of rotatable bonds is 4. The van der Waals surface area contributed by atoms with Crippen LogP contribution < -0.4 is 0 Å². The predicted molar refractivity (Wildman–Crippen MR) is 78.2 cm³/mol. The van der Waals surface area contributed by atoms with E-state index in [9.17, 15) is 0 Å². The zero-order chi connectivity index (χ0) is 12.1. The summed E-state index contributed by atoms with van der Waals surface area (Å²) in [5, 5.41) is 0. The van der Waals surface area contributed by atoms with Gasteiger partial charge in [0.2, 0.25) is 0 Å². The lowest BCUT2D eigenvalue weighted by atomic mass is 9.78. The molecule has 0 bridgehead atoms. The SMILES string of the molecule is CCC1CCC(CCc2ccc(Br)cc2)CC1. The molecule has 0 saturated heterocycles. The number of aryl methyl sites for hydroxylation is 1. The van der Waals surface area contributed by atoms with E-state index >= 15 is 0 Å². The van der Waals surface area contributed by atoms with Crippen molar-refractivity contribution < 1.29 is 0 Å². The smallest absolute Gasteiger partial charge is 0.0175 e. The third-order valence-electron chi connectivity index (χ3n) is 4.30. The Labute approximate surface area is 114 Å². The third kappa shape index (κ3) is 4.13. The highest BCUT2D eigenvalue weighted by molar-refractivity contribution is 9.10. The summed E-state index contributed by atoms with van der Waals surface area (Å²) in [6.07, 6.45) is 9.92. The van der Waals surface area contributed by atoms with Crippen LogP contribution in [0.3, 0.4) is 0 Å². The van der Waals surface area contributed by atoms with Crippen molar-refractivity contribution in [2.24, 2.45) is 11.8 Å². The van der Waals surface area contributed by atoms with Gasteiger partial charge in [0.25, 0.3) is 0 Å². The highest BCUT2D eigenvalue weighted by atomic mass is 79.9. The first-order valence-corrected chi connectivity index (χ1v) is 7.81. The first-order chi connectivity index (χ1) is 8.28. The zero-order valence-corrected chi connectivity index (χ0v) is 12.4. The van der Waals surface area contributed by atoms with E-state index in [4.69, 9.17) is 0 Å². The van der Waals surface area contributed by atoms with E-state index in [1.54, 1.807) is 0 Å². The summed E-state index contributed by atoms with van der Waals surface area (Å²) in [5.74, 6) is 2.01. The molecule has 0 amide bonds. The van der Waals surface area contributed by atoms with Crippen molar-refractivity contribution in [1.82, 2.24) is 0 Å². The molecule has 0 aromatic heterocycles. The zero-order valence-electron chi connectivity index (χ0n) is 10.8. The first-order valence-electron chi connectivity index (χ1n) is 7.02. The van der Waals surface area contributed by atoms with Crippen molar-refractivity contribution in [3.8, 4) is 0 Å². The average Bonchev–Trinajstić information content (AvgIpc) is 2.39. The summed E-state index contributed by atoms with van der Waals surface area (Å²) in [6.45, 7) is 2.34. The molecule has 0 radical (unpaired) electrons. The topological polar surface area (TPSA) is 0 Å². The lowest BCUT2D eigenvalue weighted by molar-refractivity contribution is 0.259. The second kappa shape index (κ2) is 6.58. The van der Waals surface area contributed by atoms with Crippen LogP contribution in [-0.4, -0.2) is 0 Å². The van der Waals surface area contributed by atoms with Gasteiger partial charge >= 0.3 is 0 Å². The number of hydrogen-bond acceptors (Lipinski definition) is 0. The number of halogens is 1. The molecule has 17 heavy (non-hydrogen) atoms. The lowest BCUT2D eigenvalue weighted by Crippen LogP contribution is -2.14. The highest BCUT2D eigenvalue weighted by Gasteiger charge is 2.19. The Kier molecular flexibility index (Phi) is 5.09. The van der Waals surface area contributed by atoms with E-state index in [-0.39, 0.29) is 0 Å². The van der Waals surface area contributed by atoms with Gasteiger partial charge in [-0.25, -0.2) is 0 Å². The van der Waals surface area contributed by atoms with Crippen molar-refractivity contribution in [2.45, 2.75) is 51.9 Å². The quantitative estimate of drug-likeness (QED) is 0.678. The summed E-state index contributed by atoms with van der Waals surface area (Å²) >= 11 is 3.49. The van der Waals surface area contributed by atoms with Gasteiger partial charge in [0.15, 0.2) is 0 Å². The van der Waals surface area contributed by atoms with Gasteiger partial charge in [-0.3, -0.25) is 0 Å². The van der Waals surface area contributed by atoms with Crippen LogP contribution in [0.25, 0.3) is 0 Å². The molecule has 2 rings (SSSR count). The molecule has 0 aliphatic heterocycles.